The molecule has 0 saturated carbocycles. The van der Waals surface area contributed by atoms with Gasteiger partial charge in [0.05, 0.1) is 12.0 Å². The zero-order valence-corrected chi connectivity index (χ0v) is 10.6. The van der Waals surface area contributed by atoms with Crippen LogP contribution >= 0.6 is 11.3 Å². The molecule has 1 aromatic carbocycles. The molecule has 1 unspecified atom stereocenters. The summed E-state index contributed by atoms with van der Waals surface area (Å²) >= 11 is 1.24. The maximum Gasteiger partial charge on any atom is 0.229 e. The van der Waals surface area contributed by atoms with Crippen molar-refractivity contribution >= 4 is 22.4 Å². The zero-order chi connectivity index (χ0) is 13.0. The second kappa shape index (κ2) is 5.24. The lowest BCUT2D eigenvalue weighted by Crippen LogP contribution is -2.28. The largest absolute Gasteiger partial charge is 0.385 e. The lowest BCUT2D eigenvalue weighted by molar-refractivity contribution is -0.120. The van der Waals surface area contributed by atoms with Crippen LogP contribution < -0.4 is 5.32 Å². The van der Waals surface area contributed by atoms with Gasteiger partial charge in [-0.25, -0.2) is 0 Å². The van der Waals surface area contributed by atoms with E-state index in [0.717, 1.165) is 0 Å². The number of carbonyl (C=O) groups is 1. The monoisotopic (exact) mass is 263 g/mol. The van der Waals surface area contributed by atoms with Gasteiger partial charge < -0.3 is 10.4 Å². The summed E-state index contributed by atoms with van der Waals surface area (Å²) in [6.07, 6.45) is -0.0312. The van der Waals surface area contributed by atoms with Crippen molar-refractivity contribution in [1.29, 1.82) is 0 Å². The Balaban J connectivity index is 2.02. The molecule has 1 atom stereocenters. The SMILES string of the molecule is CC(O)(CC(=O)Nc1nncs1)c1ccccc1. The normalized spacial score (nSPS) is 13.9. The molecule has 1 heterocycles. The first kappa shape index (κ1) is 12.7. The van der Waals surface area contributed by atoms with E-state index in [1.165, 1.54) is 16.8 Å². The molecular weight excluding hydrogens is 250 g/mol. The van der Waals surface area contributed by atoms with E-state index in [1.807, 2.05) is 18.2 Å². The summed E-state index contributed by atoms with van der Waals surface area (Å²) in [7, 11) is 0. The van der Waals surface area contributed by atoms with E-state index in [0.29, 0.717) is 10.7 Å². The molecule has 0 bridgehead atoms. The molecule has 18 heavy (non-hydrogen) atoms. The van der Waals surface area contributed by atoms with Gasteiger partial charge in [-0.15, -0.1) is 10.2 Å². The van der Waals surface area contributed by atoms with Gasteiger partial charge in [-0.3, -0.25) is 4.79 Å². The highest BCUT2D eigenvalue weighted by Crippen LogP contribution is 2.24. The number of hydrogen-bond acceptors (Lipinski definition) is 5. The van der Waals surface area contributed by atoms with Gasteiger partial charge in [-0.2, -0.15) is 0 Å². The fourth-order valence-corrected chi connectivity index (χ4v) is 2.06. The Kier molecular flexibility index (Phi) is 3.69. The number of nitrogens with one attached hydrogen (secondary N) is 1. The summed E-state index contributed by atoms with van der Waals surface area (Å²) in [5.74, 6) is -0.291. The number of carbonyl (C=O) groups excluding carboxylic acids is 1. The molecular formula is C12H13N3O2S. The van der Waals surface area contributed by atoms with Crippen molar-refractivity contribution in [2.24, 2.45) is 0 Å². The van der Waals surface area contributed by atoms with Crippen LogP contribution in [0.2, 0.25) is 0 Å². The standard InChI is InChI=1S/C12H13N3O2S/c1-12(17,9-5-3-2-4-6-9)7-10(16)14-11-15-13-8-18-11/h2-6,8,17H,7H2,1H3,(H,14,15,16). The van der Waals surface area contributed by atoms with Gasteiger partial charge in [0.15, 0.2) is 0 Å². The summed E-state index contributed by atoms with van der Waals surface area (Å²) in [6.45, 7) is 1.61. The van der Waals surface area contributed by atoms with Gasteiger partial charge in [-0.1, -0.05) is 41.7 Å². The Hall–Kier alpha value is -1.79. The third-order valence-electron chi connectivity index (χ3n) is 2.51. The van der Waals surface area contributed by atoms with E-state index >= 15 is 0 Å². The van der Waals surface area contributed by atoms with Crippen LogP contribution in [-0.2, 0) is 10.4 Å². The van der Waals surface area contributed by atoms with Crippen LogP contribution in [0.15, 0.2) is 35.8 Å². The zero-order valence-electron chi connectivity index (χ0n) is 9.83. The highest BCUT2D eigenvalue weighted by atomic mass is 32.1. The fourth-order valence-electron chi connectivity index (χ4n) is 1.60. The van der Waals surface area contributed by atoms with E-state index in [-0.39, 0.29) is 12.3 Å². The number of hydrogen-bond donors (Lipinski definition) is 2. The Morgan fingerprint density at radius 3 is 2.78 bits per heavy atom. The van der Waals surface area contributed by atoms with Crippen LogP contribution in [0.4, 0.5) is 5.13 Å². The fraction of sp³-hybridized carbons (Fsp3) is 0.250. The molecule has 0 aliphatic carbocycles. The highest BCUT2D eigenvalue weighted by molar-refractivity contribution is 7.13. The van der Waals surface area contributed by atoms with E-state index in [2.05, 4.69) is 15.5 Å². The minimum absolute atomic E-state index is 0.0312. The third kappa shape index (κ3) is 3.12. The van der Waals surface area contributed by atoms with Crippen molar-refractivity contribution in [2.45, 2.75) is 18.9 Å². The number of aliphatic hydroxyl groups is 1. The molecule has 0 aliphatic rings. The highest BCUT2D eigenvalue weighted by Gasteiger charge is 2.26. The van der Waals surface area contributed by atoms with E-state index < -0.39 is 5.60 Å². The van der Waals surface area contributed by atoms with Crippen molar-refractivity contribution in [3.8, 4) is 0 Å². The third-order valence-corrected chi connectivity index (χ3v) is 3.11. The predicted octanol–water partition coefficient (Wildman–Crippen LogP) is 1.77. The molecule has 6 heteroatoms. The summed E-state index contributed by atoms with van der Waals surface area (Å²) < 4.78 is 0. The molecule has 2 rings (SSSR count). The van der Waals surface area contributed by atoms with Crippen LogP contribution in [0.3, 0.4) is 0 Å². The predicted molar refractivity (Wildman–Crippen MR) is 69.2 cm³/mol. The summed E-state index contributed by atoms with van der Waals surface area (Å²) in [5, 5.41) is 20.7. The molecule has 0 saturated heterocycles. The summed E-state index contributed by atoms with van der Waals surface area (Å²) in [6, 6.07) is 9.09. The van der Waals surface area contributed by atoms with Crippen molar-refractivity contribution in [1.82, 2.24) is 10.2 Å². The molecule has 0 radical (unpaired) electrons. The van der Waals surface area contributed by atoms with Gasteiger partial charge in [-0.05, 0) is 12.5 Å². The number of aromatic nitrogens is 2. The maximum absolute atomic E-state index is 11.8. The molecule has 1 aromatic heterocycles. The maximum atomic E-state index is 11.8. The van der Waals surface area contributed by atoms with Crippen molar-refractivity contribution in [3.05, 3.63) is 41.4 Å². The Labute approximate surface area is 109 Å². The average Bonchev–Trinajstić information content (AvgIpc) is 2.82. The molecule has 1 amide bonds. The Morgan fingerprint density at radius 1 is 1.44 bits per heavy atom. The van der Waals surface area contributed by atoms with E-state index in [4.69, 9.17) is 0 Å². The van der Waals surface area contributed by atoms with E-state index in [9.17, 15) is 9.90 Å². The van der Waals surface area contributed by atoms with Crippen molar-refractivity contribution in [3.63, 3.8) is 0 Å². The first-order chi connectivity index (χ1) is 8.58. The number of amides is 1. The number of benzene rings is 1. The lowest BCUT2D eigenvalue weighted by Gasteiger charge is -2.22. The number of nitrogens with zero attached hydrogens (tertiary/aromatic N) is 2. The summed E-state index contributed by atoms with van der Waals surface area (Å²) in [5.41, 5.74) is 1.04. The van der Waals surface area contributed by atoms with Crippen LogP contribution in [0, 0.1) is 0 Å². The van der Waals surface area contributed by atoms with Crippen LogP contribution in [0.25, 0.3) is 0 Å². The minimum atomic E-state index is -1.20. The molecule has 0 fully saturated rings. The van der Waals surface area contributed by atoms with Crippen LogP contribution in [-0.4, -0.2) is 21.2 Å². The molecule has 2 N–H and O–H groups in total. The molecule has 94 valence electrons. The smallest absolute Gasteiger partial charge is 0.229 e. The van der Waals surface area contributed by atoms with Crippen molar-refractivity contribution in [2.75, 3.05) is 5.32 Å². The van der Waals surface area contributed by atoms with Crippen LogP contribution in [0.1, 0.15) is 18.9 Å². The van der Waals surface area contributed by atoms with Gasteiger partial charge in [0, 0.05) is 0 Å². The lowest BCUT2D eigenvalue weighted by atomic mass is 9.92. The second-order valence-corrected chi connectivity index (χ2v) is 4.94. The summed E-state index contributed by atoms with van der Waals surface area (Å²) in [4.78, 5) is 11.8. The Bertz CT molecular complexity index is 511. The van der Waals surface area contributed by atoms with Crippen LogP contribution in [0.5, 0.6) is 0 Å². The van der Waals surface area contributed by atoms with E-state index in [1.54, 1.807) is 19.1 Å². The molecule has 2 aromatic rings. The number of anilines is 1. The first-order valence-electron chi connectivity index (χ1n) is 5.42. The number of rotatable bonds is 4. The Morgan fingerprint density at radius 2 is 2.17 bits per heavy atom. The second-order valence-electron chi connectivity index (χ2n) is 4.11. The quantitative estimate of drug-likeness (QED) is 0.881. The molecule has 0 spiro atoms. The molecule has 5 nitrogen and oxygen atoms in total. The van der Waals surface area contributed by atoms with Gasteiger partial charge in [0.25, 0.3) is 0 Å². The van der Waals surface area contributed by atoms with Crippen molar-refractivity contribution < 1.29 is 9.90 Å². The molecule has 0 aliphatic heterocycles. The first-order valence-corrected chi connectivity index (χ1v) is 6.30. The minimum Gasteiger partial charge on any atom is -0.385 e. The van der Waals surface area contributed by atoms with Gasteiger partial charge >= 0.3 is 0 Å². The van der Waals surface area contributed by atoms with Gasteiger partial charge in [0.2, 0.25) is 11.0 Å². The topological polar surface area (TPSA) is 75.1 Å². The van der Waals surface area contributed by atoms with Gasteiger partial charge in [0.1, 0.15) is 5.51 Å². The average molecular weight is 263 g/mol.